The molecule has 0 saturated carbocycles. The van der Waals surface area contributed by atoms with Gasteiger partial charge in [0, 0.05) is 11.8 Å². The number of carbonyl (C=O) groups excluding carboxylic acids is 1. The van der Waals surface area contributed by atoms with Gasteiger partial charge in [-0.1, -0.05) is 6.07 Å². The molecule has 0 spiro atoms. The van der Waals surface area contributed by atoms with E-state index in [1.807, 2.05) is 12.1 Å². The van der Waals surface area contributed by atoms with E-state index in [0.29, 0.717) is 11.4 Å². The summed E-state index contributed by atoms with van der Waals surface area (Å²) >= 11 is 0. The highest BCUT2D eigenvalue weighted by Crippen LogP contribution is 2.32. The van der Waals surface area contributed by atoms with E-state index >= 15 is 0 Å². The van der Waals surface area contributed by atoms with Crippen molar-refractivity contribution in [3.8, 4) is 5.75 Å². The Bertz CT molecular complexity index is 841. The number of hydrogen-bond acceptors (Lipinski definition) is 5. The summed E-state index contributed by atoms with van der Waals surface area (Å²) in [4.78, 5) is 23.3. The van der Waals surface area contributed by atoms with Crippen LogP contribution in [0.3, 0.4) is 0 Å². The van der Waals surface area contributed by atoms with Crippen LogP contribution in [0, 0.1) is 10.1 Å². The molecule has 1 amide bonds. The zero-order valence-corrected chi connectivity index (χ0v) is 15.0. The third kappa shape index (κ3) is 3.88. The first-order valence-electron chi connectivity index (χ1n) is 8.01. The average Bonchev–Trinajstić information content (AvgIpc) is 2.60. The van der Waals surface area contributed by atoms with E-state index in [9.17, 15) is 14.9 Å². The number of hydrogen-bond donors (Lipinski definition) is 2. The van der Waals surface area contributed by atoms with Crippen LogP contribution < -0.4 is 15.8 Å². The molecule has 0 radical (unpaired) electrons. The highest BCUT2D eigenvalue weighted by atomic mass is 35.5. The second kappa shape index (κ2) is 8.05. The Labute approximate surface area is 157 Å². The third-order valence-electron chi connectivity index (χ3n) is 4.43. The van der Waals surface area contributed by atoms with Crippen molar-refractivity contribution in [2.24, 2.45) is 0 Å². The average molecular weight is 378 g/mol. The molecule has 2 aromatic carbocycles. The van der Waals surface area contributed by atoms with Crippen LogP contribution in [-0.2, 0) is 6.42 Å². The maximum atomic E-state index is 12.7. The maximum Gasteiger partial charge on any atom is 0.282 e. The molecule has 8 heteroatoms. The van der Waals surface area contributed by atoms with Crippen molar-refractivity contribution < 1.29 is 14.5 Å². The summed E-state index contributed by atoms with van der Waals surface area (Å²) in [5, 5.41) is 14.1. The van der Waals surface area contributed by atoms with Crippen molar-refractivity contribution >= 4 is 29.7 Å². The van der Waals surface area contributed by atoms with Crippen molar-refractivity contribution in [1.29, 1.82) is 0 Å². The lowest BCUT2D eigenvalue weighted by Gasteiger charge is -2.26. The Morgan fingerprint density at radius 3 is 2.77 bits per heavy atom. The molecule has 1 aliphatic rings. The number of aryl methyl sites for hydroxylation is 1. The lowest BCUT2D eigenvalue weighted by Crippen LogP contribution is -2.31. The Kier molecular flexibility index (Phi) is 6.05. The molecule has 0 aliphatic heterocycles. The number of nitro groups is 1. The first kappa shape index (κ1) is 19.5. The summed E-state index contributed by atoms with van der Waals surface area (Å²) < 4.78 is 5.08. The summed E-state index contributed by atoms with van der Waals surface area (Å²) in [6.07, 6.45) is 2.61. The van der Waals surface area contributed by atoms with Crippen molar-refractivity contribution in [2.75, 3.05) is 12.8 Å². The molecule has 2 aromatic rings. The van der Waals surface area contributed by atoms with Gasteiger partial charge in [-0.25, -0.2) is 0 Å². The van der Waals surface area contributed by atoms with E-state index in [2.05, 4.69) is 5.32 Å². The van der Waals surface area contributed by atoms with Gasteiger partial charge in [0.2, 0.25) is 0 Å². The Morgan fingerprint density at radius 2 is 2.08 bits per heavy atom. The summed E-state index contributed by atoms with van der Waals surface area (Å²) in [6.45, 7) is 0. The number of nitrogen functional groups attached to an aromatic ring is 1. The van der Waals surface area contributed by atoms with E-state index in [0.717, 1.165) is 30.4 Å². The lowest BCUT2D eigenvalue weighted by molar-refractivity contribution is -0.385. The van der Waals surface area contributed by atoms with E-state index in [1.54, 1.807) is 6.07 Å². The van der Waals surface area contributed by atoms with Crippen molar-refractivity contribution in [3.05, 3.63) is 63.2 Å². The van der Waals surface area contributed by atoms with E-state index < -0.39 is 10.8 Å². The third-order valence-corrected chi connectivity index (χ3v) is 4.43. The molecule has 0 aromatic heterocycles. The molecule has 1 aliphatic carbocycles. The standard InChI is InChI=1S/C18H19N3O4.ClH/c1-25-13-6-8-17(21(23)24)15(10-13)18(22)20-16-4-2-3-11-9-12(19)5-7-14(11)16;/h5-10,16H,2-4,19H2,1H3,(H,20,22);1H. The molecule has 7 nitrogen and oxygen atoms in total. The van der Waals surface area contributed by atoms with Crippen LogP contribution in [0.5, 0.6) is 5.75 Å². The zero-order valence-electron chi connectivity index (χ0n) is 14.2. The first-order valence-corrected chi connectivity index (χ1v) is 8.01. The molecule has 0 fully saturated rings. The van der Waals surface area contributed by atoms with Crippen molar-refractivity contribution in [3.63, 3.8) is 0 Å². The normalized spacial score (nSPS) is 15.3. The number of methoxy groups -OCH3 is 1. The Hall–Kier alpha value is -2.80. The monoisotopic (exact) mass is 377 g/mol. The van der Waals surface area contributed by atoms with Crippen molar-refractivity contribution in [2.45, 2.75) is 25.3 Å². The van der Waals surface area contributed by atoms with Crippen LogP contribution >= 0.6 is 12.4 Å². The van der Waals surface area contributed by atoms with Crippen LogP contribution in [-0.4, -0.2) is 17.9 Å². The number of rotatable bonds is 4. The fourth-order valence-corrected chi connectivity index (χ4v) is 3.20. The predicted molar refractivity (Wildman–Crippen MR) is 101 cm³/mol. The number of nitro benzene ring substituents is 1. The minimum atomic E-state index is -0.566. The van der Waals surface area contributed by atoms with Gasteiger partial charge in [0.1, 0.15) is 11.3 Å². The van der Waals surface area contributed by atoms with Crippen LogP contribution in [0.25, 0.3) is 0 Å². The summed E-state index contributed by atoms with van der Waals surface area (Å²) in [5.41, 5.74) is 8.39. The van der Waals surface area contributed by atoms with E-state index in [-0.39, 0.29) is 29.7 Å². The minimum Gasteiger partial charge on any atom is -0.497 e. The van der Waals surface area contributed by atoms with Gasteiger partial charge in [-0.05, 0) is 54.7 Å². The van der Waals surface area contributed by atoms with Gasteiger partial charge in [0.15, 0.2) is 0 Å². The number of anilines is 1. The number of halogens is 1. The second-order valence-corrected chi connectivity index (χ2v) is 6.02. The molecule has 138 valence electrons. The minimum absolute atomic E-state index is 0. The number of fused-ring (bicyclic) bond motifs is 1. The molecule has 26 heavy (non-hydrogen) atoms. The number of nitrogens with one attached hydrogen (secondary N) is 1. The molecule has 3 rings (SSSR count). The number of amides is 1. The molecule has 0 saturated heterocycles. The largest absolute Gasteiger partial charge is 0.497 e. The fourth-order valence-electron chi connectivity index (χ4n) is 3.20. The molecule has 0 heterocycles. The van der Waals surface area contributed by atoms with E-state index in [1.165, 1.54) is 25.3 Å². The Morgan fingerprint density at radius 1 is 1.31 bits per heavy atom. The first-order chi connectivity index (χ1) is 12.0. The molecule has 1 unspecified atom stereocenters. The highest BCUT2D eigenvalue weighted by molar-refractivity contribution is 5.98. The predicted octanol–water partition coefficient (Wildman–Crippen LogP) is 3.41. The number of carbonyl (C=O) groups is 1. The lowest BCUT2D eigenvalue weighted by atomic mass is 9.87. The van der Waals surface area contributed by atoms with Crippen LogP contribution in [0.15, 0.2) is 36.4 Å². The summed E-state index contributed by atoms with van der Waals surface area (Å²) in [7, 11) is 1.45. The van der Waals surface area contributed by atoms with Gasteiger partial charge in [-0.15, -0.1) is 12.4 Å². The SMILES string of the molecule is COc1ccc([N+](=O)[O-])c(C(=O)NC2CCCc3cc(N)ccc32)c1.Cl. The van der Waals surface area contributed by atoms with Gasteiger partial charge in [0.25, 0.3) is 11.6 Å². The van der Waals surface area contributed by atoms with Gasteiger partial charge in [-0.2, -0.15) is 0 Å². The number of ether oxygens (including phenoxy) is 1. The molecule has 1 atom stereocenters. The molecule has 0 bridgehead atoms. The van der Waals surface area contributed by atoms with Gasteiger partial charge >= 0.3 is 0 Å². The second-order valence-electron chi connectivity index (χ2n) is 6.02. The smallest absolute Gasteiger partial charge is 0.282 e. The van der Waals surface area contributed by atoms with Gasteiger partial charge in [-0.3, -0.25) is 14.9 Å². The maximum absolute atomic E-state index is 12.7. The topological polar surface area (TPSA) is 107 Å². The highest BCUT2D eigenvalue weighted by Gasteiger charge is 2.26. The summed E-state index contributed by atoms with van der Waals surface area (Å²) in [6, 6.07) is 9.58. The van der Waals surface area contributed by atoms with Crippen LogP contribution in [0.1, 0.15) is 40.4 Å². The quantitative estimate of drug-likeness (QED) is 0.482. The van der Waals surface area contributed by atoms with Crippen LogP contribution in [0.2, 0.25) is 0 Å². The molecule has 3 N–H and O–H groups in total. The summed E-state index contributed by atoms with van der Waals surface area (Å²) in [5.74, 6) is -0.0900. The molecular weight excluding hydrogens is 358 g/mol. The Balaban J connectivity index is 0.00000243. The number of benzene rings is 2. The number of nitrogens with zero attached hydrogens (tertiary/aromatic N) is 1. The van der Waals surface area contributed by atoms with Crippen LogP contribution in [0.4, 0.5) is 11.4 Å². The van der Waals surface area contributed by atoms with E-state index in [4.69, 9.17) is 10.5 Å². The number of nitrogens with two attached hydrogens (primary N) is 1. The van der Waals surface area contributed by atoms with Gasteiger partial charge < -0.3 is 15.8 Å². The van der Waals surface area contributed by atoms with Gasteiger partial charge in [0.05, 0.1) is 18.1 Å². The fraction of sp³-hybridized carbons (Fsp3) is 0.278. The van der Waals surface area contributed by atoms with Crippen molar-refractivity contribution in [1.82, 2.24) is 5.32 Å². The zero-order chi connectivity index (χ0) is 18.0. The molecular formula is C18H20ClN3O4.